The molecule has 0 fully saturated rings. The molecule has 0 atom stereocenters. The summed E-state index contributed by atoms with van der Waals surface area (Å²) in [5.74, 6) is 0.126. The Hall–Kier alpha value is -3.26. The van der Waals surface area contributed by atoms with Gasteiger partial charge in [0.05, 0.1) is 36.4 Å². The van der Waals surface area contributed by atoms with Crippen LogP contribution in [0.1, 0.15) is 22.8 Å². The number of hydrogen-bond donors (Lipinski definition) is 1. The molecule has 0 aliphatic rings. The molecular formula is C22H23N3O4S. The molecule has 0 bridgehead atoms. The second kappa shape index (κ2) is 9.98. The van der Waals surface area contributed by atoms with E-state index in [-0.39, 0.29) is 18.3 Å². The van der Waals surface area contributed by atoms with Crippen LogP contribution in [0.15, 0.2) is 60.0 Å². The van der Waals surface area contributed by atoms with Crippen molar-refractivity contribution in [1.29, 1.82) is 0 Å². The number of methoxy groups -OCH3 is 1. The number of nitrogens with zero attached hydrogens (tertiary/aromatic N) is 2. The Morgan fingerprint density at radius 3 is 2.77 bits per heavy atom. The van der Waals surface area contributed by atoms with Crippen LogP contribution in [0.3, 0.4) is 0 Å². The van der Waals surface area contributed by atoms with Crippen LogP contribution in [0.4, 0.5) is 5.69 Å². The Kier molecular flexibility index (Phi) is 7.13. The van der Waals surface area contributed by atoms with Gasteiger partial charge in [-0.3, -0.25) is 9.36 Å². The molecule has 0 unspecified atom stereocenters. The van der Waals surface area contributed by atoms with Crippen LogP contribution in [-0.2, 0) is 9.53 Å². The standard InChI is InChI=1S/C22H23N3O4S/c1-4-29-21(27)16-7-5-6-8-17(16)24-20(26)14-30-22-23-11-12-25(22)18-13-15(2)9-10-19(18)28-3/h5-13H,4,14H2,1-3H3,(H,24,26). The molecule has 0 saturated heterocycles. The lowest BCUT2D eigenvalue weighted by atomic mass is 10.2. The summed E-state index contributed by atoms with van der Waals surface area (Å²) >= 11 is 1.29. The lowest BCUT2D eigenvalue weighted by Gasteiger charge is -2.13. The van der Waals surface area contributed by atoms with E-state index in [9.17, 15) is 9.59 Å². The zero-order chi connectivity index (χ0) is 21.5. The molecule has 1 N–H and O–H groups in total. The fraction of sp³-hybridized carbons (Fsp3) is 0.227. The van der Waals surface area contributed by atoms with Crippen LogP contribution in [-0.4, -0.2) is 40.9 Å². The first kappa shape index (κ1) is 21.4. The van der Waals surface area contributed by atoms with E-state index in [0.717, 1.165) is 11.3 Å². The number of imidazole rings is 1. The molecule has 1 heterocycles. The number of para-hydroxylation sites is 1. The molecule has 8 heteroatoms. The minimum atomic E-state index is -0.469. The summed E-state index contributed by atoms with van der Waals surface area (Å²) in [6.07, 6.45) is 3.51. The Morgan fingerprint density at radius 1 is 1.20 bits per heavy atom. The maximum atomic E-state index is 12.5. The van der Waals surface area contributed by atoms with Crippen LogP contribution in [0.25, 0.3) is 5.69 Å². The SMILES string of the molecule is CCOC(=O)c1ccccc1NC(=O)CSc1nccn1-c1cc(C)ccc1OC. The van der Waals surface area contributed by atoms with Gasteiger partial charge in [-0.2, -0.15) is 0 Å². The predicted molar refractivity (Wildman–Crippen MR) is 117 cm³/mol. The molecule has 3 aromatic rings. The topological polar surface area (TPSA) is 82.5 Å². The number of aromatic nitrogens is 2. The van der Waals surface area contributed by atoms with E-state index in [1.54, 1.807) is 44.5 Å². The molecule has 2 aromatic carbocycles. The second-order valence-electron chi connectivity index (χ2n) is 6.36. The smallest absolute Gasteiger partial charge is 0.340 e. The number of amides is 1. The van der Waals surface area contributed by atoms with E-state index in [1.165, 1.54) is 11.8 Å². The highest BCUT2D eigenvalue weighted by Gasteiger charge is 2.16. The number of anilines is 1. The van der Waals surface area contributed by atoms with Gasteiger partial charge in [0.25, 0.3) is 0 Å². The first-order valence-corrected chi connectivity index (χ1v) is 10.4. The lowest BCUT2D eigenvalue weighted by molar-refractivity contribution is -0.113. The minimum absolute atomic E-state index is 0.127. The maximum absolute atomic E-state index is 12.5. The third-order valence-electron chi connectivity index (χ3n) is 4.23. The second-order valence-corrected chi connectivity index (χ2v) is 7.30. The van der Waals surface area contributed by atoms with E-state index >= 15 is 0 Å². The van der Waals surface area contributed by atoms with Crippen molar-refractivity contribution in [2.45, 2.75) is 19.0 Å². The van der Waals surface area contributed by atoms with Gasteiger partial charge >= 0.3 is 5.97 Å². The zero-order valence-electron chi connectivity index (χ0n) is 17.0. The highest BCUT2D eigenvalue weighted by atomic mass is 32.2. The molecule has 0 radical (unpaired) electrons. The number of thioether (sulfide) groups is 1. The molecule has 0 aliphatic carbocycles. The number of ether oxygens (including phenoxy) is 2. The molecule has 0 saturated carbocycles. The maximum Gasteiger partial charge on any atom is 0.340 e. The number of esters is 1. The Morgan fingerprint density at radius 2 is 2.00 bits per heavy atom. The number of aryl methyl sites for hydroxylation is 1. The molecule has 0 spiro atoms. The average Bonchev–Trinajstić information content (AvgIpc) is 3.21. The summed E-state index contributed by atoms with van der Waals surface area (Å²) in [5.41, 5.74) is 2.68. The van der Waals surface area contributed by atoms with Crippen molar-refractivity contribution in [3.8, 4) is 11.4 Å². The Labute approximate surface area is 179 Å². The van der Waals surface area contributed by atoms with Gasteiger partial charge in [-0.1, -0.05) is 30.0 Å². The first-order chi connectivity index (χ1) is 14.5. The summed E-state index contributed by atoms with van der Waals surface area (Å²) in [7, 11) is 1.62. The number of carbonyl (C=O) groups is 2. The van der Waals surface area contributed by atoms with E-state index in [2.05, 4.69) is 10.3 Å². The van der Waals surface area contributed by atoms with Crippen molar-refractivity contribution in [3.63, 3.8) is 0 Å². The van der Waals surface area contributed by atoms with Crippen LogP contribution in [0.2, 0.25) is 0 Å². The van der Waals surface area contributed by atoms with Crippen molar-refractivity contribution in [2.24, 2.45) is 0 Å². The molecule has 1 amide bonds. The summed E-state index contributed by atoms with van der Waals surface area (Å²) in [5, 5.41) is 3.44. The largest absolute Gasteiger partial charge is 0.495 e. The van der Waals surface area contributed by atoms with Crippen LogP contribution in [0.5, 0.6) is 5.75 Å². The normalized spacial score (nSPS) is 10.5. The molecule has 0 aliphatic heterocycles. The summed E-state index contributed by atoms with van der Waals surface area (Å²) < 4.78 is 12.4. The van der Waals surface area contributed by atoms with Crippen molar-refractivity contribution >= 4 is 29.3 Å². The minimum Gasteiger partial charge on any atom is -0.495 e. The third kappa shape index (κ3) is 5.01. The number of hydrogen-bond acceptors (Lipinski definition) is 6. The first-order valence-electron chi connectivity index (χ1n) is 9.40. The van der Waals surface area contributed by atoms with Gasteiger partial charge in [0, 0.05) is 12.4 Å². The highest BCUT2D eigenvalue weighted by molar-refractivity contribution is 7.99. The highest BCUT2D eigenvalue weighted by Crippen LogP contribution is 2.28. The molecule has 30 heavy (non-hydrogen) atoms. The predicted octanol–water partition coefficient (Wildman–Crippen LogP) is 4.10. The monoisotopic (exact) mass is 425 g/mol. The van der Waals surface area contributed by atoms with Gasteiger partial charge in [-0.25, -0.2) is 9.78 Å². The summed E-state index contributed by atoms with van der Waals surface area (Å²) in [4.78, 5) is 29.0. The van der Waals surface area contributed by atoms with Crippen LogP contribution < -0.4 is 10.1 Å². The van der Waals surface area contributed by atoms with Gasteiger partial charge in [-0.05, 0) is 43.7 Å². The van der Waals surface area contributed by atoms with Crippen molar-refractivity contribution in [1.82, 2.24) is 9.55 Å². The number of nitrogens with one attached hydrogen (secondary N) is 1. The quantitative estimate of drug-likeness (QED) is 0.432. The summed E-state index contributed by atoms with van der Waals surface area (Å²) in [6, 6.07) is 12.6. The number of benzene rings is 2. The Bertz CT molecular complexity index is 1050. The summed E-state index contributed by atoms with van der Waals surface area (Å²) in [6.45, 7) is 4.00. The van der Waals surface area contributed by atoms with Crippen molar-refractivity contribution < 1.29 is 19.1 Å². The van der Waals surface area contributed by atoms with Gasteiger partial charge < -0.3 is 14.8 Å². The van der Waals surface area contributed by atoms with Gasteiger partial charge in [0.1, 0.15) is 5.75 Å². The number of rotatable bonds is 8. The fourth-order valence-corrected chi connectivity index (χ4v) is 3.63. The van der Waals surface area contributed by atoms with E-state index in [0.29, 0.717) is 22.2 Å². The van der Waals surface area contributed by atoms with E-state index < -0.39 is 5.97 Å². The Balaban J connectivity index is 1.72. The molecule has 7 nitrogen and oxygen atoms in total. The molecule has 156 valence electrons. The third-order valence-corrected chi connectivity index (χ3v) is 5.20. The van der Waals surface area contributed by atoms with Crippen LogP contribution in [0, 0.1) is 6.92 Å². The van der Waals surface area contributed by atoms with Crippen LogP contribution >= 0.6 is 11.8 Å². The lowest BCUT2D eigenvalue weighted by Crippen LogP contribution is -2.17. The van der Waals surface area contributed by atoms with E-state index in [4.69, 9.17) is 9.47 Å². The molecule has 3 rings (SSSR count). The fourth-order valence-electron chi connectivity index (χ4n) is 2.86. The zero-order valence-corrected chi connectivity index (χ0v) is 17.9. The number of carbonyl (C=O) groups excluding carboxylic acids is 2. The molecular weight excluding hydrogens is 402 g/mol. The molecule has 1 aromatic heterocycles. The van der Waals surface area contributed by atoms with Crippen molar-refractivity contribution in [3.05, 3.63) is 66.0 Å². The van der Waals surface area contributed by atoms with E-state index in [1.807, 2.05) is 35.9 Å². The van der Waals surface area contributed by atoms with Gasteiger partial charge in [-0.15, -0.1) is 0 Å². The van der Waals surface area contributed by atoms with Gasteiger partial charge in [0.15, 0.2) is 5.16 Å². The van der Waals surface area contributed by atoms with Gasteiger partial charge in [0.2, 0.25) is 5.91 Å². The average molecular weight is 426 g/mol. The van der Waals surface area contributed by atoms with Crippen molar-refractivity contribution in [2.75, 3.05) is 24.8 Å².